The minimum absolute atomic E-state index is 0.418. The second kappa shape index (κ2) is 2.92. The molecular formula is C8H6ClN2S. The molecule has 0 bridgehead atoms. The van der Waals surface area contributed by atoms with Gasteiger partial charge in [-0.1, -0.05) is 11.6 Å². The number of aryl methyl sites for hydroxylation is 1. The molecule has 0 spiro atoms. The van der Waals surface area contributed by atoms with Crippen LogP contribution in [0.3, 0.4) is 0 Å². The van der Waals surface area contributed by atoms with E-state index in [-0.39, 0.29) is 0 Å². The normalized spacial score (nSPS) is 10.5. The second-order valence-corrected chi connectivity index (χ2v) is 3.65. The Morgan fingerprint density at radius 3 is 3.00 bits per heavy atom. The zero-order valence-electron chi connectivity index (χ0n) is 6.41. The molecule has 0 aliphatic rings. The lowest BCUT2D eigenvalue weighted by Crippen LogP contribution is -1.94. The number of thiophene rings is 1. The molecule has 0 fully saturated rings. The van der Waals surface area contributed by atoms with Crippen LogP contribution in [0.2, 0.25) is 5.15 Å². The van der Waals surface area contributed by atoms with E-state index >= 15 is 0 Å². The van der Waals surface area contributed by atoms with Gasteiger partial charge in [0.15, 0.2) is 5.15 Å². The molecule has 0 aliphatic carbocycles. The largest absolute Gasteiger partial charge is 0.226 e. The number of aromatic nitrogens is 2. The minimum Gasteiger partial charge on any atom is -0.226 e. The van der Waals surface area contributed by atoms with E-state index < -0.39 is 0 Å². The lowest BCUT2D eigenvalue weighted by Gasteiger charge is -1.97. The van der Waals surface area contributed by atoms with Crippen LogP contribution in [0.1, 0.15) is 5.69 Å². The van der Waals surface area contributed by atoms with E-state index in [1.165, 1.54) is 0 Å². The monoisotopic (exact) mass is 197 g/mol. The predicted molar refractivity (Wildman–Crippen MR) is 50.0 cm³/mol. The third-order valence-electron chi connectivity index (χ3n) is 1.50. The lowest BCUT2D eigenvalue weighted by molar-refractivity contribution is 0.863. The molecule has 2 nitrogen and oxygen atoms in total. The number of rotatable bonds is 1. The summed E-state index contributed by atoms with van der Waals surface area (Å²) in [6.07, 6.45) is 0. The Hall–Kier alpha value is -0.800. The smallest absolute Gasteiger partial charge is 0.159 e. The van der Waals surface area contributed by atoms with Gasteiger partial charge in [0.25, 0.3) is 0 Å². The molecule has 0 aromatic carbocycles. The molecule has 4 heteroatoms. The quantitative estimate of drug-likeness (QED) is 0.688. The van der Waals surface area contributed by atoms with Gasteiger partial charge in [0.1, 0.15) is 5.00 Å². The molecule has 0 atom stereocenters. The van der Waals surface area contributed by atoms with Crippen LogP contribution in [0.4, 0.5) is 0 Å². The summed E-state index contributed by atoms with van der Waals surface area (Å²) in [5.74, 6) is 0. The van der Waals surface area contributed by atoms with Crippen molar-refractivity contribution >= 4 is 22.9 Å². The standard InChI is InChI=1S/C8H6ClN2S/c1-6-5-7(9)10-11(6)8-3-2-4-12-8/h2-4H,1H3. The molecule has 2 aromatic rings. The molecule has 0 amide bonds. The molecule has 2 rings (SSSR count). The lowest BCUT2D eigenvalue weighted by atomic mass is 10.5. The molecule has 61 valence electrons. The number of nitrogens with zero attached hydrogens (tertiary/aromatic N) is 2. The van der Waals surface area contributed by atoms with Crippen molar-refractivity contribution in [3.8, 4) is 5.00 Å². The Kier molecular flexibility index (Phi) is 1.90. The third kappa shape index (κ3) is 1.26. The van der Waals surface area contributed by atoms with Crippen LogP contribution in [0.25, 0.3) is 5.00 Å². The van der Waals surface area contributed by atoms with Gasteiger partial charge in [-0.15, -0.1) is 11.3 Å². The van der Waals surface area contributed by atoms with Crippen LogP contribution in [0.15, 0.2) is 17.5 Å². The highest BCUT2D eigenvalue weighted by Gasteiger charge is 2.04. The molecule has 1 radical (unpaired) electrons. The zero-order valence-corrected chi connectivity index (χ0v) is 7.99. The molecule has 0 unspecified atom stereocenters. The fourth-order valence-electron chi connectivity index (χ4n) is 0.995. The number of hydrogen-bond acceptors (Lipinski definition) is 2. The highest BCUT2D eigenvalue weighted by atomic mass is 35.5. The highest BCUT2D eigenvalue weighted by Crippen LogP contribution is 2.18. The molecule has 12 heavy (non-hydrogen) atoms. The third-order valence-corrected chi connectivity index (χ3v) is 2.52. The minimum atomic E-state index is 0.418. The number of halogens is 1. The van der Waals surface area contributed by atoms with Gasteiger partial charge in [0.05, 0.1) is 5.69 Å². The molecule has 2 heterocycles. The maximum absolute atomic E-state index is 5.70. The Morgan fingerprint density at radius 1 is 1.67 bits per heavy atom. The van der Waals surface area contributed by atoms with Crippen molar-refractivity contribution in [3.05, 3.63) is 34.4 Å². The van der Waals surface area contributed by atoms with Crippen LogP contribution in [0, 0.1) is 13.0 Å². The summed E-state index contributed by atoms with van der Waals surface area (Å²) in [6.45, 7) is 1.93. The summed E-state index contributed by atoms with van der Waals surface area (Å²) in [4.78, 5) is 0. The van der Waals surface area contributed by atoms with Crippen LogP contribution in [-0.4, -0.2) is 9.78 Å². The van der Waals surface area contributed by atoms with E-state index in [0.29, 0.717) is 5.15 Å². The first-order valence-corrected chi connectivity index (χ1v) is 4.71. The average molecular weight is 198 g/mol. The Bertz CT molecular complexity index is 378. The first kappa shape index (κ1) is 7.83. The van der Waals surface area contributed by atoms with Gasteiger partial charge in [-0.05, 0) is 24.4 Å². The first-order valence-electron chi connectivity index (χ1n) is 3.45. The Morgan fingerprint density at radius 2 is 2.50 bits per heavy atom. The molecule has 2 aromatic heterocycles. The summed E-state index contributed by atoms with van der Waals surface area (Å²) in [5, 5.41) is 7.58. The van der Waals surface area contributed by atoms with Gasteiger partial charge in [-0.3, -0.25) is 0 Å². The molecule has 0 N–H and O–H groups in total. The predicted octanol–water partition coefficient (Wildman–Crippen LogP) is 2.70. The average Bonchev–Trinajstić information content (AvgIpc) is 2.58. The van der Waals surface area contributed by atoms with Gasteiger partial charge in [0, 0.05) is 6.07 Å². The maximum Gasteiger partial charge on any atom is 0.159 e. The van der Waals surface area contributed by atoms with Crippen molar-refractivity contribution in [3.63, 3.8) is 0 Å². The van der Waals surface area contributed by atoms with E-state index in [1.54, 1.807) is 16.0 Å². The highest BCUT2D eigenvalue weighted by molar-refractivity contribution is 7.12. The van der Waals surface area contributed by atoms with E-state index in [0.717, 1.165) is 10.7 Å². The van der Waals surface area contributed by atoms with E-state index in [2.05, 4.69) is 11.2 Å². The molecule has 0 saturated carbocycles. The van der Waals surface area contributed by atoms with Crippen molar-refractivity contribution in [2.75, 3.05) is 0 Å². The van der Waals surface area contributed by atoms with Crippen molar-refractivity contribution in [2.24, 2.45) is 0 Å². The van der Waals surface area contributed by atoms with Crippen LogP contribution < -0.4 is 0 Å². The Labute approximate surface area is 79.4 Å². The summed E-state index contributed by atoms with van der Waals surface area (Å²) < 4.78 is 1.78. The topological polar surface area (TPSA) is 17.8 Å². The summed E-state index contributed by atoms with van der Waals surface area (Å²) in [7, 11) is 0. The zero-order chi connectivity index (χ0) is 8.55. The molecule has 0 aliphatic heterocycles. The van der Waals surface area contributed by atoms with E-state index in [9.17, 15) is 0 Å². The molecule has 0 saturated heterocycles. The molecular weight excluding hydrogens is 192 g/mol. The van der Waals surface area contributed by atoms with Gasteiger partial charge >= 0.3 is 0 Å². The van der Waals surface area contributed by atoms with Gasteiger partial charge in [-0.25, -0.2) is 4.68 Å². The fourth-order valence-corrected chi connectivity index (χ4v) is 1.94. The van der Waals surface area contributed by atoms with Gasteiger partial charge < -0.3 is 0 Å². The van der Waals surface area contributed by atoms with Gasteiger partial charge in [0.2, 0.25) is 0 Å². The fraction of sp³-hybridized carbons (Fsp3) is 0.125. The second-order valence-electron chi connectivity index (χ2n) is 2.36. The summed E-state index contributed by atoms with van der Waals surface area (Å²) in [6, 6.07) is 6.90. The maximum atomic E-state index is 5.70. The van der Waals surface area contributed by atoms with Crippen molar-refractivity contribution in [2.45, 2.75) is 6.92 Å². The van der Waals surface area contributed by atoms with Crippen molar-refractivity contribution < 1.29 is 0 Å². The van der Waals surface area contributed by atoms with Gasteiger partial charge in [-0.2, -0.15) is 5.10 Å². The SMILES string of the molecule is Cc1[c]c(Cl)nn1-c1cccs1. The van der Waals surface area contributed by atoms with Crippen LogP contribution in [-0.2, 0) is 0 Å². The van der Waals surface area contributed by atoms with E-state index in [4.69, 9.17) is 11.6 Å². The summed E-state index contributed by atoms with van der Waals surface area (Å²) in [5.41, 5.74) is 0.933. The number of hydrogen-bond donors (Lipinski definition) is 0. The van der Waals surface area contributed by atoms with Crippen molar-refractivity contribution in [1.29, 1.82) is 0 Å². The summed E-state index contributed by atoms with van der Waals surface area (Å²) >= 11 is 7.33. The Balaban J connectivity index is 2.54. The van der Waals surface area contributed by atoms with Crippen LogP contribution >= 0.6 is 22.9 Å². The first-order chi connectivity index (χ1) is 5.77. The van der Waals surface area contributed by atoms with Crippen molar-refractivity contribution in [1.82, 2.24) is 9.78 Å². The van der Waals surface area contributed by atoms with Crippen LogP contribution in [0.5, 0.6) is 0 Å². The van der Waals surface area contributed by atoms with E-state index in [1.807, 2.05) is 24.4 Å².